The Balaban J connectivity index is 1.61. The van der Waals surface area contributed by atoms with Crippen LogP contribution in [0.2, 0.25) is 0 Å². The van der Waals surface area contributed by atoms with E-state index < -0.39 is 0 Å². The topological polar surface area (TPSA) is 33.4 Å². The lowest BCUT2D eigenvalue weighted by atomic mass is 9.73. The molecule has 0 aliphatic carbocycles. The van der Waals surface area contributed by atoms with Gasteiger partial charge in [0.15, 0.2) is 0 Å². The van der Waals surface area contributed by atoms with E-state index in [1.807, 2.05) is 0 Å². The van der Waals surface area contributed by atoms with E-state index in [0.717, 1.165) is 16.8 Å². The van der Waals surface area contributed by atoms with Gasteiger partial charge in [0.25, 0.3) is 0 Å². The summed E-state index contributed by atoms with van der Waals surface area (Å²) >= 11 is 0. The van der Waals surface area contributed by atoms with E-state index in [2.05, 4.69) is 106 Å². The number of benzene rings is 3. The van der Waals surface area contributed by atoms with E-state index in [9.17, 15) is 0 Å². The van der Waals surface area contributed by atoms with Crippen molar-refractivity contribution in [3.05, 3.63) is 108 Å². The van der Waals surface area contributed by atoms with Crippen molar-refractivity contribution in [2.75, 3.05) is 4.90 Å². The molecular formula is C26H20N4. The Labute approximate surface area is 176 Å². The van der Waals surface area contributed by atoms with Crippen molar-refractivity contribution in [2.45, 2.75) is 19.3 Å². The first-order valence-corrected chi connectivity index (χ1v) is 9.89. The molecule has 0 bridgehead atoms. The number of para-hydroxylation sites is 2. The second-order valence-corrected chi connectivity index (χ2v) is 7.93. The van der Waals surface area contributed by atoms with Crippen molar-refractivity contribution in [1.29, 1.82) is 0 Å². The fraction of sp³-hybridized carbons (Fsp3) is 0.115. The van der Waals surface area contributed by atoms with Gasteiger partial charge in [-0.15, -0.1) is 6.57 Å². The number of aromatic nitrogens is 2. The lowest BCUT2D eigenvalue weighted by molar-refractivity contribution is 0.632. The van der Waals surface area contributed by atoms with Crippen LogP contribution in [0.4, 0.5) is 23.0 Å². The molecule has 1 aromatic heterocycles. The minimum absolute atomic E-state index is 0.0639. The van der Waals surface area contributed by atoms with Gasteiger partial charge in [0, 0.05) is 16.7 Å². The zero-order valence-corrected chi connectivity index (χ0v) is 16.9. The molecule has 0 N–H and O–H groups in total. The lowest BCUT2D eigenvalue weighted by Crippen LogP contribution is -2.30. The van der Waals surface area contributed by atoms with Gasteiger partial charge in [-0.3, -0.25) is 0 Å². The van der Waals surface area contributed by atoms with Gasteiger partial charge in [-0.25, -0.2) is 0 Å². The Morgan fingerprint density at radius 2 is 1.27 bits per heavy atom. The summed E-state index contributed by atoms with van der Waals surface area (Å²) in [4.78, 5) is 13.8. The summed E-state index contributed by atoms with van der Waals surface area (Å²) < 4.78 is 0. The maximum absolute atomic E-state index is 7.00. The van der Waals surface area contributed by atoms with Crippen LogP contribution in [0.5, 0.6) is 0 Å². The van der Waals surface area contributed by atoms with Crippen LogP contribution in [0, 0.1) is 6.57 Å². The minimum Gasteiger partial charge on any atom is -0.394 e. The minimum atomic E-state index is -0.0639. The third kappa shape index (κ3) is 2.75. The van der Waals surface area contributed by atoms with Crippen LogP contribution in [0.15, 0.2) is 85.2 Å². The average molecular weight is 388 g/mol. The summed E-state index contributed by atoms with van der Waals surface area (Å²) in [5.74, 6) is 0.166. The predicted octanol–water partition coefficient (Wildman–Crippen LogP) is 6.80. The fourth-order valence-corrected chi connectivity index (χ4v) is 4.28. The molecule has 2 heterocycles. The molecule has 0 atom stereocenters. The number of fused-ring (bicyclic) bond motifs is 2. The molecule has 0 radical (unpaired) electrons. The monoisotopic (exact) mass is 388 g/mol. The van der Waals surface area contributed by atoms with E-state index in [4.69, 9.17) is 6.57 Å². The Morgan fingerprint density at radius 1 is 0.733 bits per heavy atom. The molecule has 0 spiro atoms. The molecule has 0 amide bonds. The maximum atomic E-state index is 7.00. The molecule has 4 nitrogen and oxygen atoms in total. The van der Waals surface area contributed by atoms with Crippen LogP contribution in [-0.4, -0.2) is 9.97 Å². The summed E-state index contributed by atoms with van der Waals surface area (Å²) in [6.45, 7) is 11.6. The van der Waals surface area contributed by atoms with Crippen LogP contribution in [0.1, 0.15) is 25.0 Å². The highest BCUT2D eigenvalue weighted by Gasteiger charge is 2.36. The zero-order valence-electron chi connectivity index (χ0n) is 16.9. The number of hydrogen-bond donors (Lipinski definition) is 0. The quantitative estimate of drug-likeness (QED) is 0.354. The molecule has 144 valence electrons. The first-order valence-electron chi connectivity index (χ1n) is 9.89. The van der Waals surface area contributed by atoms with Crippen molar-refractivity contribution in [2.24, 2.45) is 0 Å². The average Bonchev–Trinajstić information content (AvgIpc) is 2.80. The molecule has 1 aliphatic heterocycles. The van der Waals surface area contributed by atoms with Crippen molar-refractivity contribution in [1.82, 2.24) is 9.97 Å². The SMILES string of the molecule is [C-]#[N+]c1ncc(-c2ccc(N3c4ccccc4C(C)(C)c4ccccc43)cc2)cn1. The van der Waals surface area contributed by atoms with Crippen molar-refractivity contribution in [3.63, 3.8) is 0 Å². The van der Waals surface area contributed by atoms with Gasteiger partial charge >= 0.3 is 5.95 Å². The van der Waals surface area contributed by atoms with E-state index in [1.165, 1.54) is 22.5 Å². The molecule has 30 heavy (non-hydrogen) atoms. The molecule has 0 unspecified atom stereocenters. The molecule has 1 aliphatic rings. The van der Waals surface area contributed by atoms with E-state index in [0.29, 0.717) is 0 Å². The van der Waals surface area contributed by atoms with Crippen molar-refractivity contribution in [3.8, 4) is 11.1 Å². The summed E-state index contributed by atoms with van der Waals surface area (Å²) in [6.07, 6.45) is 3.40. The summed E-state index contributed by atoms with van der Waals surface area (Å²) in [5.41, 5.74) is 8.01. The van der Waals surface area contributed by atoms with Gasteiger partial charge in [-0.2, -0.15) is 9.97 Å². The summed E-state index contributed by atoms with van der Waals surface area (Å²) in [7, 11) is 0. The maximum Gasteiger partial charge on any atom is 0.371 e. The first-order chi connectivity index (χ1) is 14.6. The molecule has 0 saturated heterocycles. The zero-order chi connectivity index (χ0) is 20.7. The Bertz CT molecular complexity index is 1220. The van der Waals surface area contributed by atoms with Crippen molar-refractivity contribution >= 4 is 23.0 Å². The molecule has 3 aromatic carbocycles. The Hall–Kier alpha value is -3.97. The number of rotatable bonds is 2. The number of nitrogens with zero attached hydrogens (tertiary/aromatic N) is 4. The third-order valence-corrected chi connectivity index (χ3v) is 5.83. The highest BCUT2D eigenvalue weighted by atomic mass is 15.2. The standard InChI is InChI=1S/C26H20N4/c1-26(2)21-8-4-6-10-23(21)30(24-11-7-5-9-22(24)26)20-14-12-18(13-15-20)19-16-28-25(27-3)29-17-19/h4-17H,1-2H3. The predicted molar refractivity (Wildman–Crippen MR) is 121 cm³/mol. The second kappa shape index (κ2) is 6.82. The largest absolute Gasteiger partial charge is 0.394 e. The normalized spacial score (nSPS) is 13.8. The van der Waals surface area contributed by atoms with Gasteiger partial charge in [-0.05, 0) is 41.0 Å². The third-order valence-electron chi connectivity index (χ3n) is 5.83. The van der Waals surface area contributed by atoms with E-state index in [-0.39, 0.29) is 11.4 Å². The number of hydrogen-bond acceptors (Lipinski definition) is 3. The Morgan fingerprint density at radius 3 is 1.80 bits per heavy atom. The van der Waals surface area contributed by atoms with Gasteiger partial charge in [-0.1, -0.05) is 62.4 Å². The highest BCUT2D eigenvalue weighted by molar-refractivity contribution is 5.86. The van der Waals surface area contributed by atoms with Crippen LogP contribution in [0.25, 0.3) is 16.0 Å². The summed E-state index contributed by atoms with van der Waals surface area (Å²) in [5, 5.41) is 0. The van der Waals surface area contributed by atoms with Crippen molar-refractivity contribution < 1.29 is 0 Å². The second-order valence-electron chi connectivity index (χ2n) is 7.93. The highest BCUT2D eigenvalue weighted by Crippen LogP contribution is 2.51. The molecule has 5 rings (SSSR count). The van der Waals surface area contributed by atoms with Gasteiger partial charge in [0.1, 0.15) is 0 Å². The lowest BCUT2D eigenvalue weighted by Gasteiger charge is -2.42. The van der Waals surface area contributed by atoms with Gasteiger partial charge in [0.05, 0.1) is 23.8 Å². The van der Waals surface area contributed by atoms with E-state index in [1.54, 1.807) is 12.4 Å². The van der Waals surface area contributed by atoms with Crippen LogP contribution >= 0.6 is 0 Å². The van der Waals surface area contributed by atoms with Crippen LogP contribution in [0.3, 0.4) is 0 Å². The van der Waals surface area contributed by atoms with Gasteiger partial charge in [0.2, 0.25) is 0 Å². The molecule has 4 aromatic rings. The Kier molecular flexibility index (Phi) is 4.11. The van der Waals surface area contributed by atoms with Crippen LogP contribution in [-0.2, 0) is 5.41 Å². The van der Waals surface area contributed by atoms with Crippen LogP contribution < -0.4 is 4.90 Å². The molecule has 0 fully saturated rings. The fourth-order valence-electron chi connectivity index (χ4n) is 4.28. The molecule has 0 saturated carbocycles. The summed E-state index contributed by atoms with van der Waals surface area (Å²) in [6, 6.07) is 25.7. The molecule has 4 heteroatoms. The van der Waals surface area contributed by atoms with E-state index >= 15 is 0 Å². The molecular weight excluding hydrogens is 368 g/mol. The van der Waals surface area contributed by atoms with Gasteiger partial charge < -0.3 is 9.74 Å². The number of anilines is 3. The first kappa shape index (κ1) is 18.1. The smallest absolute Gasteiger partial charge is 0.371 e.